The maximum absolute atomic E-state index is 12.8. The molecule has 2 atom stereocenters. The van der Waals surface area contributed by atoms with E-state index in [1.165, 1.54) is 4.31 Å². The summed E-state index contributed by atoms with van der Waals surface area (Å²) >= 11 is 0. The normalized spacial score (nSPS) is 30.4. The van der Waals surface area contributed by atoms with Crippen LogP contribution in [0.4, 0.5) is 0 Å². The van der Waals surface area contributed by atoms with Crippen LogP contribution in [0.1, 0.15) is 31.2 Å². The number of aryl methyl sites for hydroxylation is 1. The number of hydrogen-bond acceptors (Lipinski definition) is 4. The summed E-state index contributed by atoms with van der Waals surface area (Å²) in [5, 5.41) is 10.6. The van der Waals surface area contributed by atoms with Gasteiger partial charge in [0.1, 0.15) is 5.78 Å². The molecule has 5 nitrogen and oxygen atoms in total. The number of hydrogen-bond donors (Lipinski definition) is 1. The average molecular weight is 309 g/mol. The van der Waals surface area contributed by atoms with Crippen molar-refractivity contribution in [3.8, 4) is 0 Å². The van der Waals surface area contributed by atoms with E-state index in [4.69, 9.17) is 0 Å². The van der Waals surface area contributed by atoms with E-state index in [0.29, 0.717) is 19.3 Å². The summed E-state index contributed by atoms with van der Waals surface area (Å²) in [6.07, 6.45) is 1.21. The molecule has 1 saturated heterocycles. The lowest BCUT2D eigenvalue weighted by atomic mass is 9.80. The van der Waals surface area contributed by atoms with E-state index in [0.717, 1.165) is 5.56 Å². The number of ketones is 1. The van der Waals surface area contributed by atoms with E-state index in [-0.39, 0.29) is 23.6 Å². The van der Waals surface area contributed by atoms with Gasteiger partial charge in [-0.3, -0.25) is 4.79 Å². The van der Waals surface area contributed by atoms with Crippen LogP contribution >= 0.6 is 0 Å². The molecule has 0 amide bonds. The van der Waals surface area contributed by atoms with Gasteiger partial charge in [-0.05, 0) is 31.9 Å². The van der Waals surface area contributed by atoms with E-state index in [1.807, 2.05) is 6.92 Å². The zero-order chi connectivity index (χ0) is 15.3. The maximum Gasteiger partial charge on any atom is 0.243 e. The quantitative estimate of drug-likeness (QED) is 0.892. The molecular weight excluding hydrogens is 290 g/mol. The lowest BCUT2D eigenvalue weighted by Crippen LogP contribution is -2.50. The van der Waals surface area contributed by atoms with E-state index >= 15 is 0 Å². The van der Waals surface area contributed by atoms with Gasteiger partial charge in [-0.15, -0.1) is 0 Å². The lowest BCUT2D eigenvalue weighted by Gasteiger charge is -2.36. The van der Waals surface area contributed by atoms with Crippen molar-refractivity contribution in [1.29, 1.82) is 0 Å². The Bertz CT molecular complexity index is 667. The smallest absolute Gasteiger partial charge is 0.243 e. The number of fused-ring (bicyclic) bond motifs is 1. The summed E-state index contributed by atoms with van der Waals surface area (Å²) in [7, 11) is -3.67. The minimum absolute atomic E-state index is 0.0238. The highest BCUT2D eigenvalue weighted by Crippen LogP contribution is 2.41. The van der Waals surface area contributed by atoms with Crippen molar-refractivity contribution < 1.29 is 18.3 Å². The van der Waals surface area contributed by atoms with Crippen molar-refractivity contribution in [3.05, 3.63) is 29.8 Å². The summed E-state index contributed by atoms with van der Waals surface area (Å²) in [5.41, 5.74) is -0.0641. The van der Waals surface area contributed by atoms with Crippen molar-refractivity contribution in [3.63, 3.8) is 0 Å². The molecule has 1 aliphatic carbocycles. The van der Waals surface area contributed by atoms with Crippen LogP contribution in [-0.4, -0.2) is 41.8 Å². The second kappa shape index (κ2) is 4.90. The number of benzene rings is 1. The van der Waals surface area contributed by atoms with Gasteiger partial charge in [0.15, 0.2) is 0 Å². The molecule has 114 valence electrons. The van der Waals surface area contributed by atoms with Gasteiger partial charge in [-0.2, -0.15) is 4.31 Å². The molecule has 0 aromatic heterocycles. The third kappa shape index (κ3) is 2.41. The first-order valence-electron chi connectivity index (χ1n) is 7.15. The van der Waals surface area contributed by atoms with Gasteiger partial charge in [-0.1, -0.05) is 17.7 Å². The van der Waals surface area contributed by atoms with Crippen molar-refractivity contribution in [1.82, 2.24) is 4.31 Å². The summed E-state index contributed by atoms with van der Waals surface area (Å²) < 4.78 is 26.8. The molecule has 1 aromatic rings. The van der Waals surface area contributed by atoms with Crippen LogP contribution in [-0.2, 0) is 14.8 Å². The molecule has 2 aliphatic rings. The Kier molecular flexibility index (Phi) is 3.43. The monoisotopic (exact) mass is 309 g/mol. The van der Waals surface area contributed by atoms with Gasteiger partial charge in [-0.25, -0.2) is 8.42 Å². The van der Waals surface area contributed by atoms with Gasteiger partial charge in [0, 0.05) is 19.4 Å². The molecule has 1 aliphatic heterocycles. The fourth-order valence-electron chi connectivity index (χ4n) is 3.28. The van der Waals surface area contributed by atoms with Crippen LogP contribution in [0.25, 0.3) is 0 Å². The molecule has 0 bridgehead atoms. The Labute approximate surface area is 124 Å². The van der Waals surface area contributed by atoms with E-state index in [2.05, 4.69) is 0 Å². The zero-order valence-corrected chi connectivity index (χ0v) is 12.8. The van der Waals surface area contributed by atoms with E-state index in [1.54, 1.807) is 24.3 Å². The van der Waals surface area contributed by atoms with Crippen LogP contribution < -0.4 is 0 Å². The average Bonchev–Trinajstić information content (AvgIpc) is 2.77. The number of nitrogens with zero attached hydrogens (tertiary/aromatic N) is 1. The van der Waals surface area contributed by atoms with Crippen LogP contribution in [0.2, 0.25) is 0 Å². The van der Waals surface area contributed by atoms with E-state index < -0.39 is 21.7 Å². The Morgan fingerprint density at radius 3 is 2.57 bits per heavy atom. The summed E-state index contributed by atoms with van der Waals surface area (Å²) in [6.45, 7) is 2.16. The number of sulfonamides is 1. The molecule has 6 heteroatoms. The molecule has 2 unspecified atom stereocenters. The molecule has 3 rings (SSSR count). The second-order valence-electron chi connectivity index (χ2n) is 6.04. The van der Waals surface area contributed by atoms with Crippen LogP contribution in [0, 0.1) is 6.92 Å². The fraction of sp³-hybridized carbons (Fsp3) is 0.533. The number of carbonyl (C=O) groups excluding carboxylic acids is 1. The van der Waals surface area contributed by atoms with Gasteiger partial charge in [0.2, 0.25) is 10.0 Å². The minimum Gasteiger partial charge on any atom is -0.388 e. The topological polar surface area (TPSA) is 74.7 Å². The van der Waals surface area contributed by atoms with Gasteiger partial charge < -0.3 is 5.11 Å². The Morgan fingerprint density at radius 1 is 1.24 bits per heavy atom. The standard InChI is InChI=1S/C15H19NO4S/c1-11-2-4-13(5-3-11)21(19,20)16-9-8-15(18)7-6-12(17)10-14(15)16/h2-5,14,18H,6-10H2,1H3. The molecule has 1 aromatic carbocycles. The first kappa shape index (κ1) is 14.7. The molecule has 1 heterocycles. The maximum atomic E-state index is 12.8. The molecule has 1 N–H and O–H groups in total. The summed E-state index contributed by atoms with van der Waals surface area (Å²) in [6, 6.07) is 6.03. The third-order valence-electron chi connectivity index (χ3n) is 4.62. The fourth-order valence-corrected chi connectivity index (χ4v) is 4.97. The number of carbonyl (C=O) groups is 1. The second-order valence-corrected chi connectivity index (χ2v) is 7.93. The molecular formula is C15H19NO4S. The van der Waals surface area contributed by atoms with E-state index in [9.17, 15) is 18.3 Å². The number of aliphatic hydroxyl groups is 1. The molecule has 0 spiro atoms. The van der Waals surface area contributed by atoms with Crippen molar-refractivity contribution >= 4 is 15.8 Å². The lowest BCUT2D eigenvalue weighted by molar-refractivity contribution is -0.127. The van der Waals surface area contributed by atoms with Gasteiger partial charge in [0.05, 0.1) is 16.5 Å². The number of rotatable bonds is 2. The highest BCUT2D eigenvalue weighted by molar-refractivity contribution is 7.89. The Morgan fingerprint density at radius 2 is 1.90 bits per heavy atom. The first-order valence-corrected chi connectivity index (χ1v) is 8.59. The van der Waals surface area contributed by atoms with Crippen LogP contribution in [0.3, 0.4) is 0 Å². The predicted molar refractivity (Wildman–Crippen MR) is 77.3 cm³/mol. The summed E-state index contributed by atoms with van der Waals surface area (Å²) in [5.74, 6) is 0.0238. The zero-order valence-electron chi connectivity index (χ0n) is 11.9. The minimum atomic E-state index is -3.67. The van der Waals surface area contributed by atoms with Gasteiger partial charge in [0.25, 0.3) is 0 Å². The van der Waals surface area contributed by atoms with Crippen LogP contribution in [0.5, 0.6) is 0 Å². The first-order chi connectivity index (χ1) is 9.83. The van der Waals surface area contributed by atoms with Crippen LogP contribution in [0.15, 0.2) is 29.2 Å². The predicted octanol–water partition coefficient (Wildman–Crippen LogP) is 1.24. The molecule has 21 heavy (non-hydrogen) atoms. The Hall–Kier alpha value is -1.24. The van der Waals surface area contributed by atoms with Crippen molar-refractivity contribution in [2.75, 3.05) is 6.54 Å². The third-order valence-corrected chi connectivity index (χ3v) is 6.54. The molecule has 1 saturated carbocycles. The molecule has 0 radical (unpaired) electrons. The number of Topliss-reactive ketones (excluding diaryl/α,β-unsaturated/α-hetero) is 1. The Balaban J connectivity index is 1.96. The highest BCUT2D eigenvalue weighted by Gasteiger charge is 2.53. The van der Waals surface area contributed by atoms with Crippen molar-refractivity contribution in [2.45, 2.75) is 49.1 Å². The van der Waals surface area contributed by atoms with Gasteiger partial charge >= 0.3 is 0 Å². The summed E-state index contributed by atoms with van der Waals surface area (Å²) in [4.78, 5) is 11.9. The highest BCUT2D eigenvalue weighted by atomic mass is 32.2. The largest absolute Gasteiger partial charge is 0.388 e. The SMILES string of the molecule is Cc1ccc(S(=O)(=O)N2CCC3(O)CCC(=O)CC23)cc1. The van der Waals surface area contributed by atoms with Crippen molar-refractivity contribution in [2.24, 2.45) is 0 Å². The molecule has 2 fully saturated rings.